The third-order valence-corrected chi connectivity index (χ3v) is 9.16. The van der Waals surface area contributed by atoms with Crippen LogP contribution in [0.4, 0.5) is 4.79 Å². The molecule has 0 bridgehead atoms. The van der Waals surface area contributed by atoms with Crippen molar-refractivity contribution in [3.63, 3.8) is 0 Å². The van der Waals surface area contributed by atoms with Gasteiger partial charge in [-0.25, -0.2) is 14.2 Å². The molecule has 0 saturated heterocycles. The van der Waals surface area contributed by atoms with Crippen molar-refractivity contribution in [1.82, 2.24) is 10.6 Å². The van der Waals surface area contributed by atoms with Gasteiger partial charge in [0, 0.05) is 0 Å². The molecule has 0 radical (unpaired) electrons. The summed E-state index contributed by atoms with van der Waals surface area (Å²) in [4.78, 5) is 51.6. The lowest BCUT2D eigenvalue weighted by atomic mass is 10.2. The second-order valence-electron chi connectivity index (χ2n) is 11.2. The van der Waals surface area contributed by atoms with Crippen LogP contribution in [0.5, 0.6) is 5.75 Å². The molecular formula is C38H41N2O10P. The molecule has 3 atom stereocenters. The van der Waals surface area contributed by atoms with Crippen LogP contribution in [0.3, 0.4) is 0 Å². The number of amides is 2. The predicted molar refractivity (Wildman–Crippen MR) is 188 cm³/mol. The van der Waals surface area contributed by atoms with Gasteiger partial charge in [0.1, 0.15) is 44.3 Å². The highest BCUT2D eigenvalue weighted by molar-refractivity contribution is 7.54. The Hall–Kier alpha value is -5.45. The molecule has 4 rings (SSSR count). The Morgan fingerprint density at radius 3 is 1.69 bits per heavy atom. The van der Waals surface area contributed by atoms with Crippen LogP contribution in [0.2, 0.25) is 0 Å². The van der Waals surface area contributed by atoms with Gasteiger partial charge >= 0.3 is 25.6 Å². The summed E-state index contributed by atoms with van der Waals surface area (Å²) in [7, 11) is -4.22. The number of rotatable bonds is 19. The molecule has 0 aliphatic carbocycles. The molecule has 0 aliphatic heterocycles. The third kappa shape index (κ3) is 13.8. The van der Waals surface area contributed by atoms with Crippen molar-refractivity contribution in [1.29, 1.82) is 0 Å². The van der Waals surface area contributed by atoms with Crippen molar-refractivity contribution in [2.24, 2.45) is 0 Å². The molecule has 3 unspecified atom stereocenters. The fourth-order valence-corrected chi connectivity index (χ4v) is 6.49. The highest BCUT2D eigenvalue weighted by atomic mass is 31.2. The number of hydrogen-bond donors (Lipinski definition) is 2. The van der Waals surface area contributed by atoms with Crippen LogP contribution >= 0.6 is 7.60 Å². The number of benzene rings is 4. The molecule has 12 nitrogen and oxygen atoms in total. The first-order chi connectivity index (χ1) is 24.7. The summed E-state index contributed by atoms with van der Waals surface area (Å²) in [6.45, 7) is 1.10. The molecule has 0 heterocycles. The molecule has 0 fully saturated rings. The lowest BCUT2D eigenvalue weighted by molar-refractivity contribution is -0.147. The average Bonchev–Trinajstić information content (AvgIpc) is 3.16. The van der Waals surface area contributed by atoms with E-state index < -0.39 is 56.4 Å². The van der Waals surface area contributed by atoms with Gasteiger partial charge in [-0.3, -0.25) is 14.1 Å². The minimum atomic E-state index is -4.22. The van der Waals surface area contributed by atoms with Gasteiger partial charge in [0.15, 0.2) is 0 Å². The summed E-state index contributed by atoms with van der Waals surface area (Å²) >= 11 is 0. The molecule has 0 saturated carbocycles. The number of para-hydroxylation sites is 1. The molecule has 0 spiro atoms. The van der Waals surface area contributed by atoms with Crippen LogP contribution < -0.4 is 15.2 Å². The van der Waals surface area contributed by atoms with E-state index in [0.29, 0.717) is 0 Å². The fraction of sp³-hybridized carbons (Fsp3) is 0.263. The van der Waals surface area contributed by atoms with Gasteiger partial charge in [0.25, 0.3) is 0 Å². The van der Waals surface area contributed by atoms with Crippen molar-refractivity contribution in [3.05, 3.63) is 138 Å². The van der Waals surface area contributed by atoms with Gasteiger partial charge in [0.2, 0.25) is 5.91 Å². The van der Waals surface area contributed by atoms with E-state index in [1.165, 1.54) is 0 Å². The normalized spacial score (nSPS) is 13.0. The zero-order valence-corrected chi connectivity index (χ0v) is 29.1. The van der Waals surface area contributed by atoms with Crippen LogP contribution in [-0.4, -0.2) is 48.8 Å². The third-order valence-electron chi connectivity index (χ3n) is 7.29. The number of alkyl carbamates (subject to hydrolysis) is 1. The van der Waals surface area contributed by atoms with E-state index in [4.69, 9.17) is 23.3 Å². The Morgan fingerprint density at radius 2 is 1.16 bits per heavy atom. The number of carbonyl (C=O) groups excluding carboxylic acids is 4. The number of esters is 2. The number of hydrogen-bond acceptors (Lipinski definition) is 10. The van der Waals surface area contributed by atoms with Crippen molar-refractivity contribution < 1.29 is 47.0 Å². The molecule has 0 aromatic heterocycles. The molecule has 4 aromatic carbocycles. The molecule has 51 heavy (non-hydrogen) atoms. The first-order valence-electron chi connectivity index (χ1n) is 16.4. The van der Waals surface area contributed by atoms with Gasteiger partial charge in [-0.1, -0.05) is 116 Å². The standard InChI is InChI=1S/C38H41N2O10P/c1-2-34(36(42)39-25-35(41)46-26-29-15-7-3-8-16-29)50-51(45,49-32-21-13-6-14-22-32)24-23-33(37(43)47-27-30-17-9-4-10-18-30)40-38(44)48-28-31-19-11-5-12-20-31/h3-22,33-34H,2,23-28H2,1H3,(H,39,42)(H,40,44). The van der Waals surface area contributed by atoms with Gasteiger partial charge < -0.3 is 29.4 Å². The molecule has 2 N–H and O–H groups in total. The van der Waals surface area contributed by atoms with Gasteiger partial charge in [-0.2, -0.15) is 0 Å². The lowest BCUT2D eigenvalue weighted by Crippen LogP contribution is -2.43. The molecular weight excluding hydrogens is 675 g/mol. The number of carbonyl (C=O) groups is 4. The van der Waals surface area contributed by atoms with Gasteiger partial charge in [-0.15, -0.1) is 0 Å². The molecule has 0 aliphatic rings. The quantitative estimate of drug-likeness (QED) is 0.0638. The topological polar surface area (TPSA) is 156 Å². The first kappa shape index (κ1) is 38.4. The highest BCUT2D eigenvalue weighted by Gasteiger charge is 2.36. The molecule has 4 aromatic rings. The lowest BCUT2D eigenvalue weighted by Gasteiger charge is -2.25. The van der Waals surface area contributed by atoms with Gasteiger partial charge in [-0.05, 0) is 41.7 Å². The summed E-state index contributed by atoms with van der Waals surface area (Å²) in [5.74, 6) is -2.00. The van der Waals surface area contributed by atoms with E-state index in [-0.39, 0.29) is 38.4 Å². The molecule has 268 valence electrons. The van der Waals surface area contributed by atoms with Crippen LogP contribution in [0.15, 0.2) is 121 Å². The van der Waals surface area contributed by atoms with E-state index in [1.807, 2.05) is 30.3 Å². The van der Waals surface area contributed by atoms with E-state index in [2.05, 4.69) is 10.6 Å². The van der Waals surface area contributed by atoms with E-state index in [1.54, 1.807) is 97.9 Å². The Labute approximate surface area is 296 Å². The van der Waals surface area contributed by atoms with Crippen molar-refractivity contribution in [3.8, 4) is 5.75 Å². The van der Waals surface area contributed by atoms with Crippen molar-refractivity contribution in [2.75, 3.05) is 12.7 Å². The monoisotopic (exact) mass is 716 g/mol. The minimum absolute atomic E-state index is 0.0339. The summed E-state index contributed by atoms with van der Waals surface area (Å²) in [5, 5.41) is 4.97. The van der Waals surface area contributed by atoms with E-state index in [9.17, 15) is 23.7 Å². The zero-order chi connectivity index (χ0) is 36.3. The summed E-state index contributed by atoms with van der Waals surface area (Å²) in [5.41, 5.74) is 2.24. The van der Waals surface area contributed by atoms with E-state index >= 15 is 0 Å². The van der Waals surface area contributed by atoms with Crippen LogP contribution in [0, 0.1) is 0 Å². The van der Waals surface area contributed by atoms with Crippen molar-refractivity contribution in [2.45, 2.75) is 51.7 Å². The smallest absolute Gasteiger partial charge is 0.408 e. The summed E-state index contributed by atoms with van der Waals surface area (Å²) < 4.78 is 42.1. The Bertz CT molecular complexity index is 1730. The van der Waals surface area contributed by atoms with E-state index in [0.717, 1.165) is 16.7 Å². The van der Waals surface area contributed by atoms with Crippen LogP contribution in [0.1, 0.15) is 36.5 Å². The summed E-state index contributed by atoms with van der Waals surface area (Å²) in [6.07, 6.45) is -2.80. The first-order valence-corrected chi connectivity index (χ1v) is 18.1. The Balaban J connectivity index is 1.43. The van der Waals surface area contributed by atoms with Crippen LogP contribution in [0.25, 0.3) is 0 Å². The largest absolute Gasteiger partial charge is 0.460 e. The maximum absolute atomic E-state index is 14.3. The molecule has 13 heteroatoms. The fourth-order valence-electron chi connectivity index (χ4n) is 4.60. The summed E-state index contributed by atoms with van der Waals surface area (Å²) in [6, 6.07) is 33.9. The molecule has 2 amide bonds. The highest BCUT2D eigenvalue weighted by Crippen LogP contribution is 2.50. The maximum atomic E-state index is 14.3. The van der Waals surface area contributed by atoms with Gasteiger partial charge in [0.05, 0.1) is 6.16 Å². The van der Waals surface area contributed by atoms with Crippen molar-refractivity contribution >= 4 is 31.5 Å². The average molecular weight is 717 g/mol. The zero-order valence-electron chi connectivity index (χ0n) is 28.2. The Morgan fingerprint density at radius 1 is 0.667 bits per heavy atom. The number of nitrogens with one attached hydrogen (secondary N) is 2. The van der Waals surface area contributed by atoms with Crippen LogP contribution in [-0.2, 0) is 57.5 Å². The Kier molecular flexibility index (Phi) is 15.2. The SMILES string of the molecule is CCC(OP(=O)(CCC(NC(=O)OCc1ccccc1)C(=O)OCc1ccccc1)Oc1ccccc1)C(=O)NCC(=O)OCc1ccccc1. The maximum Gasteiger partial charge on any atom is 0.408 e. The minimum Gasteiger partial charge on any atom is -0.460 e. The number of ether oxygens (including phenoxy) is 3. The predicted octanol–water partition coefficient (Wildman–Crippen LogP) is 6.34. The second kappa shape index (κ2) is 20.3. The second-order valence-corrected chi connectivity index (χ2v) is 13.3.